The zero-order valence-electron chi connectivity index (χ0n) is 24.7. The van der Waals surface area contributed by atoms with Crippen molar-refractivity contribution in [3.8, 4) is 5.75 Å². The van der Waals surface area contributed by atoms with E-state index in [1.54, 1.807) is 23.3 Å². The largest absolute Gasteiger partial charge is 0.497 e. The Labute approximate surface area is 252 Å². The number of para-hydroxylation sites is 1. The third-order valence-corrected chi connectivity index (χ3v) is 10.2. The van der Waals surface area contributed by atoms with Crippen LogP contribution < -0.4 is 4.74 Å². The average Bonchev–Trinajstić information content (AvgIpc) is 3.48. The van der Waals surface area contributed by atoms with E-state index in [4.69, 9.17) is 18.6 Å². The number of rotatable bonds is 12. The highest BCUT2D eigenvalue weighted by Gasteiger charge is 2.34. The number of methoxy groups -OCH3 is 1. The molecule has 0 radical (unpaired) electrons. The van der Waals surface area contributed by atoms with E-state index in [0.717, 1.165) is 42.2 Å². The lowest BCUT2D eigenvalue weighted by atomic mass is 9.91. The van der Waals surface area contributed by atoms with Gasteiger partial charge in [0.05, 0.1) is 31.5 Å². The number of benzene rings is 2. The molecule has 11 heteroatoms. The van der Waals surface area contributed by atoms with Gasteiger partial charge in [0.25, 0.3) is 5.91 Å². The lowest BCUT2D eigenvalue weighted by Crippen LogP contribution is -2.41. The molecule has 0 unspecified atom stereocenters. The fraction of sp³-hybridized carbons (Fsp3) is 0.469. The Kier molecular flexibility index (Phi) is 10.1. The minimum absolute atomic E-state index is 0.00115. The molecule has 232 valence electrons. The predicted octanol–water partition coefficient (Wildman–Crippen LogP) is 4.65. The van der Waals surface area contributed by atoms with Crippen LogP contribution in [0.2, 0.25) is 0 Å². The zero-order valence-corrected chi connectivity index (χ0v) is 25.5. The molecule has 1 aromatic heterocycles. The van der Waals surface area contributed by atoms with Gasteiger partial charge in [-0.1, -0.05) is 37.5 Å². The Morgan fingerprint density at radius 2 is 1.79 bits per heavy atom. The predicted molar refractivity (Wildman–Crippen MR) is 161 cm³/mol. The Hall–Kier alpha value is -3.38. The Balaban J connectivity index is 1.32. The Morgan fingerprint density at radius 1 is 1.05 bits per heavy atom. The molecule has 1 N–H and O–H groups in total. The van der Waals surface area contributed by atoms with E-state index in [2.05, 4.69) is 0 Å². The molecule has 2 heterocycles. The van der Waals surface area contributed by atoms with Gasteiger partial charge in [0.15, 0.2) is 5.76 Å². The molecule has 3 aromatic rings. The van der Waals surface area contributed by atoms with Crippen LogP contribution in [-0.2, 0) is 24.3 Å². The number of amides is 1. The van der Waals surface area contributed by atoms with Gasteiger partial charge in [0, 0.05) is 49.5 Å². The summed E-state index contributed by atoms with van der Waals surface area (Å²) in [6.45, 7) is -0.454. The zero-order chi connectivity index (χ0) is 30.4. The molecule has 2 aromatic carbocycles. The van der Waals surface area contributed by atoms with Crippen LogP contribution in [0.5, 0.6) is 5.75 Å². The molecule has 5 rings (SSSR count). The molecule has 1 aliphatic heterocycles. The summed E-state index contributed by atoms with van der Waals surface area (Å²) in [5, 5.41) is 10.6. The van der Waals surface area contributed by atoms with E-state index in [0.29, 0.717) is 12.2 Å². The summed E-state index contributed by atoms with van der Waals surface area (Å²) in [5.41, 5.74) is 1.69. The van der Waals surface area contributed by atoms with Crippen molar-refractivity contribution in [2.75, 3.05) is 40.5 Å². The summed E-state index contributed by atoms with van der Waals surface area (Å²) in [7, 11) is -0.564. The van der Waals surface area contributed by atoms with Gasteiger partial charge in [-0.15, -0.1) is 0 Å². The summed E-state index contributed by atoms with van der Waals surface area (Å²) in [6.07, 6.45) is 8.51. The number of hydrogen-bond donors (Lipinski definition) is 1. The molecular formula is C32H40N2O8S. The number of likely N-dealkylation sites (N-methyl/N-ethyl adjacent to an activating group) is 1. The standard InChI is InChI=1S/C32H40N2O8S/c1-33(24-8-4-3-5-9-24)32(36)30-20-23(28-22-41-29-11-7-6-10-27(28)29)21-31(42-30)40-19-17-34(16-18-35)43(37,38)26-14-12-25(39-2)13-15-26/h6-7,10-15,20,22-24,31,35H,3-5,8-9,16-19,21H2,1-2H3/t23-,31+/m0/s1. The van der Waals surface area contributed by atoms with Gasteiger partial charge in [0.1, 0.15) is 11.3 Å². The third-order valence-electron chi connectivity index (χ3n) is 8.31. The monoisotopic (exact) mass is 612 g/mol. The van der Waals surface area contributed by atoms with Crippen molar-refractivity contribution in [3.63, 3.8) is 0 Å². The Morgan fingerprint density at radius 3 is 2.51 bits per heavy atom. The van der Waals surface area contributed by atoms with Crippen LogP contribution in [-0.4, -0.2) is 81.4 Å². The topological polar surface area (TPSA) is 119 Å². The number of nitrogens with zero attached hydrogens (tertiary/aromatic N) is 2. The summed E-state index contributed by atoms with van der Waals surface area (Å²) in [4.78, 5) is 15.5. The van der Waals surface area contributed by atoms with Crippen molar-refractivity contribution < 1.29 is 36.9 Å². The number of sulfonamides is 1. The number of allylic oxidation sites excluding steroid dienone is 1. The van der Waals surface area contributed by atoms with Gasteiger partial charge in [0.2, 0.25) is 16.3 Å². The molecule has 43 heavy (non-hydrogen) atoms. The molecule has 10 nitrogen and oxygen atoms in total. The molecule has 1 aliphatic carbocycles. The molecule has 1 saturated carbocycles. The molecule has 2 aliphatic rings. The molecule has 2 atom stereocenters. The Bertz CT molecular complexity index is 1510. The van der Waals surface area contributed by atoms with Crippen molar-refractivity contribution in [2.45, 2.75) is 61.7 Å². The second-order valence-electron chi connectivity index (χ2n) is 11.0. The SMILES string of the molecule is COc1ccc(S(=O)(=O)N(CCO)CCO[C@H]2C[C@@H](c3coc4ccccc34)C=C(C(=O)N(C)C3CCCCC3)O2)cc1. The van der Waals surface area contributed by atoms with Crippen molar-refractivity contribution in [2.24, 2.45) is 0 Å². The fourth-order valence-corrected chi connectivity index (χ4v) is 7.28. The van der Waals surface area contributed by atoms with Crippen LogP contribution >= 0.6 is 0 Å². The summed E-state index contributed by atoms with van der Waals surface area (Å²) in [5.74, 6) is 0.357. The average molecular weight is 613 g/mol. The number of fused-ring (bicyclic) bond motifs is 1. The summed E-state index contributed by atoms with van der Waals surface area (Å²) < 4.78 is 51.0. The van der Waals surface area contributed by atoms with Gasteiger partial charge < -0.3 is 28.6 Å². The van der Waals surface area contributed by atoms with Gasteiger partial charge >= 0.3 is 0 Å². The van der Waals surface area contributed by atoms with Crippen molar-refractivity contribution in [3.05, 3.63) is 72.2 Å². The van der Waals surface area contributed by atoms with E-state index in [-0.39, 0.29) is 54.8 Å². The van der Waals surface area contributed by atoms with E-state index in [1.807, 2.05) is 37.4 Å². The molecule has 0 spiro atoms. The number of ether oxygens (including phenoxy) is 3. The van der Waals surface area contributed by atoms with Crippen LogP contribution in [0.25, 0.3) is 11.0 Å². The molecule has 0 bridgehead atoms. The maximum Gasteiger partial charge on any atom is 0.288 e. The molecule has 1 fully saturated rings. The third kappa shape index (κ3) is 7.06. The molecule has 1 amide bonds. The van der Waals surface area contributed by atoms with Crippen LogP contribution in [0, 0.1) is 0 Å². The minimum atomic E-state index is -3.90. The maximum atomic E-state index is 13.7. The normalized spacial score (nSPS) is 19.7. The highest BCUT2D eigenvalue weighted by Crippen LogP contribution is 2.37. The number of furan rings is 1. The van der Waals surface area contributed by atoms with E-state index in [1.165, 1.54) is 30.0 Å². The summed E-state index contributed by atoms with van der Waals surface area (Å²) >= 11 is 0. The van der Waals surface area contributed by atoms with Gasteiger partial charge in [-0.2, -0.15) is 4.31 Å². The number of aliphatic hydroxyl groups is 1. The first-order valence-corrected chi connectivity index (χ1v) is 16.2. The second-order valence-corrected chi connectivity index (χ2v) is 12.9. The van der Waals surface area contributed by atoms with Crippen LogP contribution in [0.4, 0.5) is 0 Å². The van der Waals surface area contributed by atoms with Gasteiger partial charge in [-0.3, -0.25) is 4.79 Å². The quantitative estimate of drug-likeness (QED) is 0.314. The molecule has 0 saturated heterocycles. The van der Waals surface area contributed by atoms with Crippen molar-refractivity contribution >= 4 is 26.9 Å². The first kappa shape index (κ1) is 31.1. The maximum absolute atomic E-state index is 13.7. The first-order valence-electron chi connectivity index (χ1n) is 14.8. The van der Waals surface area contributed by atoms with Gasteiger partial charge in [-0.25, -0.2) is 8.42 Å². The van der Waals surface area contributed by atoms with Crippen molar-refractivity contribution in [1.82, 2.24) is 9.21 Å². The first-order chi connectivity index (χ1) is 20.8. The van der Waals surface area contributed by atoms with E-state index >= 15 is 0 Å². The fourth-order valence-electron chi connectivity index (χ4n) is 5.87. The number of hydrogen-bond acceptors (Lipinski definition) is 8. The smallest absolute Gasteiger partial charge is 0.288 e. The lowest BCUT2D eigenvalue weighted by Gasteiger charge is -2.34. The highest BCUT2D eigenvalue weighted by molar-refractivity contribution is 7.89. The molecular weight excluding hydrogens is 572 g/mol. The number of aliphatic hydroxyl groups excluding tert-OH is 1. The van der Waals surface area contributed by atoms with Crippen LogP contribution in [0.15, 0.2) is 75.9 Å². The second kappa shape index (κ2) is 13.9. The van der Waals surface area contributed by atoms with Crippen LogP contribution in [0.1, 0.15) is 50.0 Å². The van der Waals surface area contributed by atoms with Crippen molar-refractivity contribution in [1.29, 1.82) is 0 Å². The van der Waals surface area contributed by atoms with E-state index in [9.17, 15) is 18.3 Å². The minimum Gasteiger partial charge on any atom is -0.497 e. The highest BCUT2D eigenvalue weighted by atomic mass is 32.2. The van der Waals surface area contributed by atoms with E-state index < -0.39 is 16.3 Å². The number of carbonyl (C=O) groups excluding carboxylic acids is 1. The lowest BCUT2D eigenvalue weighted by molar-refractivity contribution is -0.153. The van der Waals surface area contributed by atoms with Crippen LogP contribution in [0.3, 0.4) is 0 Å². The number of carbonyl (C=O) groups is 1. The van der Waals surface area contributed by atoms with Gasteiger partial charge in [-0.05, 0) is 49.2 Å². The summed E-state index contributed by atoms with van der Waals surface area (Å²) in [6, 6.07) is 14.0.